The van der Waals surface area contributed by atoms with E-state index in [-0.39, 0.29) is 17.7 Å². The van der Waals surface area contributed by atoms with Gasteiger partial charge in [-0.05, 0) is 68.5 Å². The lowest BCUT2D eigenvalue weighted by Gasteiger charge is -2.26. The van der Waals surface area contributed by atoms with Crippen LogP contribution in [0, 0.1) is 0 Å². The van der Waals surface area contributed by atoms with E-state index in [0.29, 0.717) is 17.8 Å². The molecule has 0 spiro atoms. The molecule has 5 nitrogen and oxygen atoms in total. The van der Waals surface area contributed by atoms with Gasteiger partial charge < -0.3 is 5.32 Å². The van der Waals surface area contributed by atoms with Crippen molar-refractivity contribution in [2.45, 2.75) is 39.2 Å². The Balaban J connectivity index is 1.75. The van der Waals surface area contributed by atoms with Crippen LogP contribution in [0.1, 0.15) is 54.2 Å². The summed E-state index contributed by atoms with van der Waals surface area (Å²) in [7, 11) is -3.32. The number of benzene rings is 2. The minimum atomic E-state index is -3.32. The average Bonchev–Trinajstić information content (AvgIpc) is 2.69. The number of hydrogen-bond acceptors (Lipinski definition) is 3. The molecule has 0 heterocycles. The van der Waals surface area contributed by atoms with Gasteiger partial charge in [-0.2, -0.15) is 0 Å². The number of amides is 1. The second-order valence-electron chi connectivity index (χ2n) is 6.73. The van der Waals surface area contributed by atoms with Gasteiger partial charge >= 0.3 is 0 Å². The van der Waals surface area contributed by atoms with Crippen LogP contribution >= 0.6 is 0 Å². The smallest absolute Gasteiger partial charge is 0.251 e. The van der Waals surface area contributed by atoms with Gasteiger partial charge in [0.2, 0.25) is 10.0 Å². The quantitative estimate of drug-likeness (QED) is 0.824. The highest BCUT2D eigenvalue weighted by Gasteiger charge is 2.22. The van der Waals surface area contributed by atoms with Gasteiger partial charge in [0.1, 0.15) is 0 Å². The molecule has 1 amide bonds. The minimum Gasteiger partial charge on any atom is -0.345 e. The number of sulfonamides is 1. The number of hydrogen-bond donors (Lipinski definition) is 1. The Kier molecular flexibility index (Phi) is 5.85. The highest BCUT2D eigenvalue weighted by atomic mass is 32.2. The van der Waals surface area contributed by atoms with E-state index >= 15 is 0 Å². The number of aryl methyl sites for hydroxylation is 1. The first-order valence-electron chi connectivity index (χ1n) is 9.45. The molecule has 1 aliphatic carbocycles. The second-order valence-corrected chi connectivity index (χ2v) is 8.91. The second kappa shape index (κ2) is 8.13. The summed E-state index contributed by atoms with van der Waals surface area (Å²) in [6, 6.07) is 15.0. The Morgan fingerprint density at radius 2 is 1.81 bits per heavy atom. The van der Waals surface area contributed by atoms with Crippen molar-refractivity contribution in [2.24, 2.45) is 0 Å². The Hall–Kier alpha value is -2.34. The standard InChI is InChI=1S/C21H26N2O3S/c1-3-23(27(25,26)4-2)18-14-12-17(13-15-18)21(24)22-20-11-7-9-16-8-5-6-10-19(16)20/h5-6,8,10,12-15,20H,3-4,7,9,11H2,1-2H3,(H,22,24)/t20-/m0/s1. The van der Waals surface area contributed by atoms with Crippen LogP contribution in [0.2, 0.25) is 0 Å². The van der Waals surface area contributed by atoms with Crippen molar-refractivity contribution in [1.82, 2.24) is 5.32 Å². The molecule has 0 fully saturated rings. The topological polar surface area (TPSA) is 66.5 Å². The summed E-state index contributed by atoms with van der Waals surface area (Å²) in [5.74, 6) is -0.0888. The van der Waals surface area contributed by atoms with Gasteiger partial charge in [0.05, 0.1) is 17.5 Å². The van der Waals surface area contributed by atoms with Crippen LogP contribution in [0.3, 0.4) is 0 Å². The molecule has 1 N–H and O–H groups in total. The molecule has 0 radical (unpaired) electrons. The summed E-state index contributed by atoms with van der Waals surface area (Å²) in [4.78, 5) is 12.7. The summed E-state index contributed by atoms with van der Waals surface area (Å²) in [6.07, 6.45) is 3.04. The van der Waals surface area contributed by atoms with Crippen LogP contribution in [0.25, 0.3) is 0 Å². The molecule has 3 rings (SSSR count). The first-order valence-corrected chi connectivity index (χ1v) is 11.1. The van der Waals surface area contributed by atoms with Crippen molar-refractivity contribution in [3.8, 4) is 0 Å². The summed E-state index contributed by atoms with van der Waals surface area (Å²) in [5.41, 5.74) is 3.61. The zero-order chi connectivity index (χ0) is 19.4. The molecule has 0 saturated carbocycles. The maximum absolute atomic E-state index is 12.7. The molecule has 0 bridgehead atoms. The molecule has 0 unspecified atom stereocenters. The minimum absolute atomic E-state index is 0.0229. The molecule has 0 aliphatic heterocycles. The highest BCUT2D eigenvalue weighted by Crippen LogP contribution is 2.29. The Bertz CT molecular complexity index is 907. The van der Waals surface area contributed by atoms with Crippen molar-refractivity contribution in [3.05, 3.63) is 65.2 Å². The van der Waals surface area contributed by atoms with Gasteiger partial charge in [-0.1, -0.05) is 24.3 Å². The number of carbonyl (C=O) groups excluding carboxylic acids is 1. The Morgan fingerprint density at radius 3 is 2.48 bits per heavy atom. The van der Waals surface area contributed by atoms with Crippen molar-refractivity contribution >= 4 is 21.6 Å². The van der Waals surface area contributed by atoms with Crippen molar-refractivity contribution in [3.63, 3.8) is 0 Å². The summed E-state index contributed by atoms with van der Waals surface area (Å²) in [5, 5.41) is 3.12. The maximum atomic E-state index is 12.7. The van der Waals surface area contributed by atoms with E-state index in [9.17, 15) is 13.2 Å². The number of nitrogens with one attached hydrogen (secondary N) is 1. The molecular weight excluding hydrogens is 360 g/mol. The van der Waals surface area contributed by atoms with Gasteiger partial charge in [-0.15, -0.1) is 0 Å². The van der Waals surface area contributed by atoms with Crippen molar-refractivity contribution in [1.29, 1.82) is 0 Å². The first kappa shape index (κ1) is 19.4. The van der Waals surface area contributed by atoms with Crippen LogP contribution in [-0.4, -0.2) is 26.6 Å². The molecule has 2 aromatic carbocycles. The van der Waals surface area contributed by atoms with E-state index in [0.717, 1.165) is 19.3 Å². The molecule has 2 aromatic rings. The fourth-order valence-corrected chi connectivity index (χ4v) is 4.77. The van der Waals surface area contributed by atoms with E-state index < -0.39 is 10.0 Å². The summed E-state index contributed by atoms with van der Waals surface area (Å²) in [6.45, 7) is 3.79. The molecule has 144 valence electrons. The molecule has 6 heteroatoms. The van der Waals surface area contributed by atoms with Crippen LogP contribution in [0.5, 0.6) is 0 Å². The van der Waals surface area contributed by atoms with Gasteiger partial charge in [0.15, 0.2) is 0 Å². The third kappa shape index (κ3) is 4.16. The maximum Gasteiger partial charge on any atom is 0.251 e. The van der Waals surface area contributed by atoms with Crippen molar-refractivity contribution < 1.29 is 13.2 Å². The zero-order valence-electron chi connectivity index (χ0n) is 15.8. The van der Waals surface area contributed by atoms with Crippen LogP contribution in [0.4, 0.5) is 5.69 Å². The molecule has 1 aliphatic rings. The predicted octanol–water partition coefficient (Wildman–Crippen LogP) is 3.67. The molecule has 27 heavy (non-hydrogen) atoms. The lowest BCUT2D eigenvalue weighted by Crippen LogP contribution is -2.32. The molecule has 0 aromatic heterocycles. The number of carbonyl (C=O) groups is 1. The van der Waals surface area contributed by atoms with E-state index in [1.807, 2.05) is 12.1 Å². The highest BCUT2D eigenvalue weighted by molar-refractivity contribution is 7.92. The Morgan fingerprint density at radius 1 is 1.11 bits per heavy atom. The fraction of sp³-hybridized carbons (Fsp3) is 0.381. The number of fused-ring (bicyclic) bond motifs is 1. The molecule has 1 atom stereocenters. The normalized spacial score (nSPS) is 16.4. The van der Waals surface area contributed by atoms with Gasteiger partial charge in [0.25, 0.3) is 5.91 Å². The van der Waals surface area contributed by atoms with Crippen LogP contribution in [0.15, 0.2) is 48.5 Å². The monoisotopic (exact) mass is 386 g/mol. The SMILES string of the molecule is CCN(c1ccc(C(=O)N[C@H]2CCCc3ccccc32)cc1)S(=O)(=O)CC. The molecule has 0 saturated heterocycles. The first-order chi connectivity index (χ1) is 13.0. The third-order valence-electron chi connectivity index (χ3n) is 5.08. The van der Waals surface area contributed by atoms with Crippen LogP contribution in [-0.2, 0) is 16.4 Å². The summed E-state index contributed by atoms with van der Waals surface area (Å²) < 4.78 is 25.7. The van der Waals surface area contributed by atoms with E-state index in [2.05, 4.69) is 17.4 Å². The largest absolute Gasteiger partial charge is 0.345 e. The summed E-state index contributed by atoms with van der Waals surface area (Å²) >= 11 is 0. The molecular formula is C21H26N2O3S. The third-order valence-corrected chi connectivity index (χ3v) is 6.95. The average molecular weight is 387 g/mol. The van der Waals surface area contributed by atoms with Gasteiger partial charge in [0, 0.05) is 12.1 Å². The number of nitrogens with zero attached hydrogens (tertiary/aromatic N) is 1. The van der Waals surface area contributed by atoms with Crippen LogP contribution < -0.4 is 9.62 Å². The number of anilines is 1. The Labute approximate surface area is 161 Å². The fourth-order valence-electron chi connectivity index (χ4n) is 3.62. The van der Waals surface area contributed by atoms with Gasteiger partial charge in [-0.25, -0.2) is 8.42 Å². The van der Waals surface area contributed by atoms with E-state index in [1.54, 1.807) is 38.1 Å². The number of rotatable bonds is 6. The lowest BCUT2D eigenvalue weighted by atomic mass is 9.87. The van der Waals surface area contributed by atoms with Crippen molar-refractivity contribution in [2.75, 3.05) is 16.6 Å². The lowest BCUT2D eigenvalue weighted by molar-refractivity contribution is 0.0933. The van der Waals surface area contributed by atoms with E-state index in [4.69, 9.17) is 0 Å². The van der Waals surface area contributed by atoms with Gasteiger partial charge in [-0.3, -0.25) is 9.10 Å². The predicted molar refractivity (Wildman–Crippen MR) is 109 cm³/mol. The zero-order valence-corrected chi connectivity index (χ0v) is 16.6. The van der Waals surface area contributed by atoms with E-state index in [1.165, 1.54) is 15.4 Å².